The van der Waals surface area contributed by atoms with E-state index in [1.54, 1.807) is 24.8 Å². The molecule has 4 nitrogen and oxygen atoms in total. The number of ether oxygens (including phenoxy) is 1. The van der Waals surface area contributed by atoms with Gasteiger partial charge in [-0.05, 0) is 31.2 Å². The van der Waals surface area contributed by atoms with Crippen LogP contribution in [-0.4, -0.2) is 28.6 Å². The lowest BCUT2D eigenvalue weighted by Gasteiger charge is -2.09. The van der Waals surface area contributed by atoms with Crippen LogP contribution in [0.5, 0.6) is 0 Å². The van der Waals surface area contributed by atoms with Crippen LogP contribution in [-0.2, 0) is 4.74 Å². The first-order valence-corrected chi connectivity index (χ1v) is 6.31. The molecule has 1 aliphatic rings. The van der Waals surface area contributed by atoms with Crippen molar-refractivity contribution in [1.29, 1.82) is 0 Å². The van der Waals surface area contributed by atoms with Gasteiger partial charge in [0.15, 0.2) is 0 Å². The normalized spacial score (nSPS) is 19.7. The third-order valence-electron chi connectivity index (χ3n) is 2.44. The lowest BCUT2D eigenvalue weighted by atomic mass is 10.2. The molecule has 0 aliphatic carbocycles. The van der Waals surface area contributed by atoms with Crippen molar-refractivity contribution in [3.05, 3.63) is 33.7 Å². The molecule has 0 amide bonds. The molecule has 1 atom stereocenters. The van der Waals surface area contributed by atoms with Crippen LogP contribution in [0.15, 0.2) is 16.9 Å². The van der Waals surface area contributed by atoms with Crippen molar-refractivity contribution in [2.24, 2.45) is 0 Å². The molecule has 1 fully saturated rings. The molecule has 1 N–H and O–H groups in total. The number of pyridine rings is 1. The first-order valence-electron chi connectivity index (χ1n) is 5.15. The first-order chi connectivity index (χ1) is 7.66. The third kappa shape index (κ3) is 2.47. The zero-order valence-corrected chi connectivity index (χ0v) is 9.80. The number of esters is 1. The number of H-pyrrole nitrogens is 1. The van der Waals surface area contributed by atoms with E-state index in [0.717, 1.165) is 23.6 Å². The maximum absolute atomic E-state index is 11.7. The topological polar surface area (TPSA) is 59.2 Å². The summed E-state index contributed by atoms with van der Waals surface area (Å²) in [5.74, 6) is 1.33. The standard InChI is InChI=1S/C11H13NO3S/c1-7-2-3-9(10(13)12-7)11(14)15-8-4-5-16-6-8/h2-3,8H,4-6H2,1H3,(H,12,13). The predicted octanol–water partition coefficient (Wildman–Crippen LogP) is 1.35. The second kappa shape index (κ2) is 4.74. The Hall–Kier alpha value is -1.23. The number of carbonyl (C=O) groups is 1. The largest absolute Gasteiger partial charge is 0.458 e. The van der Waals surface area contributed by atoms with Crippen LogP contribution < -0.4 is 5.56 Å². The van der Waals surface area contributed by atoms with Gasteiger partial charge in [0.1, 0.15) is 11.7 Å². The average molecular weight is 239 g/mol. The van der Waals surface area contributed by atoms with Crippen LogP contribution in [0.3, 0.4) is 0 Å². The quantitative estimate of drug-likeness (QED) is 0.791. The van der Waals surface area contributed by atoms with Crippen LogP contribution in [0.25, 0.3) is 0 Å². The number of hydrogen-bond donors (Lipinski definition) is 1. The van der Waals surface area contributed by atoms with Gasteiger partial charge in [-0.3, -0.25) is 4.79 Å². The Morgan fingerprint density at radius 1 is 1.56 bits per heavy atom. The molecule has 0 saturated carbocycles. The summed E-state index contributed by atoms with van der Waals surface area (Å²) in [6, 6.07) is 3.21. The second-order valence-corrected chi connectivity index (χ2v) is 4.92. The predicted molar refractivity (Wildman–Crippen MR) is 62.9 cm³/mol. The van der Waals surface area contributed by atoms with Crippen LogP contribution in [0.2, 0.25) is 0 Å². The van der Waals surface area contributed by atoms with Gasteiger partial charge in [0.2, 0.25) is 0 Å². The zero-order chi connectivity index (χ0) is 11.5. The molecule has 1 aliphatic heterocycles. The molecule has 2 heterocycles. The van der Waals surface area contributed by atoms with Gasteiger partial charge in [0.25, 0.3) is 5.56 Å². The molecule has 16 heavy (non-hydrogen) atoms. The highest BCUT2D eigenvalue weighted by Crippen LogP contribution is 2.20. The highest BCUT2D eigenvalue weighted by atomic mass is 32.2. The van der Waals surface area contributed by atoms with Crippen LogP contribution >= 0.6 is 11.8 Å². The number of thioether (sulfide) groups is 1. The molecule has 1 unspecified atom stereocenters. The fourth-order valence-corrected chi connectivity index (χ4v) is 2.65. The summed E-state index contributed by atoms with van der Waals surface area (Å²) in [5.41, 5.74) is 0.441. The highest BCUT2D eigenvalue weighted by molar-refractivity contribution is 7.99. The number of carbonyl (C=O) groups excluding carboxylic acids is 1. The number of rotatable bonds is 2. The summed E-state index contributed by atoms with van der Waals surface area (Å²) in [6.45, 7) is 1.77. The number of nitrogens with one attached hydrogen (secondary N) is 1. The van der Waals surface area contributed by atoms with E-state index in [0.29, 0.717) is 0 Å². The SMILES string of the molecule is Cc1ccc(C(=O)OC2CCSC2)c(=O)[nH]1. The molecule has 2 rings (SSSR count). The lowest BCUT2D eigenvalue weighted by Crippen LogP contribution is -2.24. The summed E-state index contributed by atoms with van der Waals surface area (Å²) in [5, 5.41) is 0. The third-order valence-corrected chi connectivity index (χ3v) is 3.57. The number of hydrogen-bond acceptors (Lipinski definition) is 4. The molecule has 0 spiro atoms. The van der Waals surface area contributed by atoms with Gasteiger partial charge in [0.05, 0.1) is 0 Å². The smallest absolute Gasteiger partial charge is 0.344 e. The molecule has 0 radical (unpaired) electrons. The Morgan fingerprint density at radius 3 is 3.00 bits per heavy atom. The van der Waals surface area contributed by atoms with Crippen molar-refractivity contribution >= 4 is 17.7 Å². The first kappa shape index (κ1) is 11.3. The molecular weight excluding hydrogens is 226 g/mol. The zero-order valence-electron chi connectivity index (χ0n) is 8.99. The van der Waals surface area contributed by atoms with Gasteiger partial charge in [-0.2, -0.15) is 11.8 Å². The average Bonchev–Trinajstić information content (AvgIpc) is 2.70. The fourth-order valence-electron chi connectivity index (χ4n) is 1.55. The van der Waals surface area contributed by atoms with E-state index in [1.807, 2.05) is 0 Å². The van der Waals surface area contributed by atoms with Crippen LogP contribution in [0.1, 0.15) is 22.5 Å². The molecule has 0 bridgehead atoms. The van der Waals surface area contributed by atoms with E-state index in [9.17, 15) is 9.59 Å². The Balaban J connectivity index is 2.11. The Morgan fingerprint density at radius 2 is 2.38 bits per heavy atom. The summed E-state index contributed by atoms with van der Waals surface area (Å²) in [6.07, 6.45) is 0.832. The van der Waals surface area contributed by atoms with Crippen molar-refractivity contribution in [1.82, 2.24) is 4.98 Å². The van der Waals surface area contributed by atoms with Crippen molar-refractivity contribution < 1.29 is 9.53 Å². The fraction of sp³-hybridized carbons (Fsp3) is 0.455. The van der Waals surface area contributed by atoms with Crippen molar-refractivity contribution in [3.63, 3.8) is 0 Å². The number of aromatic nitrogens is 1. The maximum atomic E-state index is 11.7. The molecule has 1 saturated heterocycles. The summed E-state index contributed by atoms with van der Waals surface area (Å²) >= 11 is 1.76. The lowest BCUT2D eigenvalue weighted by molar-refractivity contribution is 0.0355. The Labute approximate surface area is 97.4 Å². The van der Waals surface area contributed by atoms with E-state index >= 15 is 0 Å². The molecule has 5 heteroatoms. The highest BCUT2D eigenvalue weighted by Gasteiger charge is 2.21. The number of aryl methyl sites for hydroxylation is 1. The van der Waals surface area contributed by atoms with Gasteiger partial charge >= 0.3 is 5.97 Å². The molecular formula is C11H13NO3S. The van der Waals surface area contributed by atoms with Gasteiger partial charge < -0.3 is 9.72 Å². The molecule has 1 aromatic rings. The van der Waals surface area contributed by atoms with Crippen molar-refractivity contribution in [2.75, 3.05) is 11.5 Å². The second-order valence-electron chi connectivity index (χ2n) is 3.78. The summed E-state index contributed by atoms with van der Waals surface area (Å²) in [7, 11) is 0. The minimum atomic E-state index is -0.520. The van der Waals surface area contributed by atoms with E-state index in [1.165, 1.54) is 6.07 Å². The van der Waals surface area contributed by atoms with E-state index in [2.05, 4.69) is 4.98 Å². The maximum Gasteiger partial charge on any atom is 0.344 e. The Kier molecular flexibility index (Phi) is 3.33. The minimum absolute atomic E-state index is 0.0433. The minimum Gasteiger partial charge on any atom is -0.458 e. The van der Waals surface area contributed by atoms with Gasteiger partial charge in [-0.25, -0.2) is 4.79 Å². The summed E-state index contributed by atoms with van der Waals surface area (Å²) in [4.78, 5) is 25.8. The van der Waals surface area contributed by atoms with Crippen LogP contribution in [0.4, 0.5) is 0 Å². The van der Waals surface area contributed by atoms with Gasteiger partial charge in [-0.1, -0.05) is 0 Å². The van der Waals surface area contributed by atoms with Crippen molar-refractivity contribution in [3.8, 4) is 0 Å². The van der Waals surface area contributed by atoms with Gasteiger partial charge in [0, 0.05) is 11.4 Å². The van der Waals surface area contributed by atoms with Gasteiger partial charge in [-0.15, -0.1) is 0 Å². The van der Waals surface area contributed by atoms with Crippen LogP contribution in [0, 0.1) is 6.92 Å². The Bertz CT molecular complexity index is 449. The monoisotopic (exact) mass is 239 g/mol. The molecule has 0 aromatic carbocycles. The molecule has 1 aromatic heterocycles. The van der Waals surface area contributed by atoms with E-state index in [-0.39, 0.29) is 17.2 Å². The number of aromatic amines is 1. The van der Waals surface area contributed by atoms with Crippen molar-refractivity contribution in [2.45, 2.75) is 19.4 Å². The van der Waals surface area contributed by atoms with E-state index in [4.69, 9.17) is 4.74 Å². The molecule has 86 valence electrons. The van der Waals surface area contributed by atoms with E-state index < -0.39 is 5.97 Å². The summed E-state index contributed by atoms with van der Waals surface area (Å²) < 4.78 is 5.24.